The smallest absolute Gasteiger partial charge is 0.344 e. The van der Waals surface area contributed by atoms with Crippen molar-refractivity contribution in [3.63, 3.8) is 0 Å². The lowest BCUT2D eigenvalue weighted by Crippen LogP contribution is -2.27. The lowest BCUT2D eigenvalue weighted by molar-refractivity contribution is -0.146. The average molecular weight is 454 g/mol. The van der Waals surface area contributed by atoms with Gasteiger partial charge in [-0.25, -0.2) is 4.79 Å². The number of aliphatic carboxylic acids is 2. The van der Waals surface area contributed by atoms with Gasteiger partial charge in [0.1, 0.15) is 5.75 Å². The minimum absolute atomic E-state index is 0.0925. The molecule has 3 rings (SSSR count). The summed E-state index contributed by atoms with van der Waals surface area (Å²) in [6.07, 6.45) is -1.56. The molecule has 1 aromatic heterocycles. The molecule has 0 saturated carbocycles. The van der Waals surface area contributed by atoms with Gasteiger partial charge in [-0.1, -0.05) is 36.4 Å². The molecule has 4 N–H and O–H groups in total. The first-order valence-corrected chi connectivity index (χ1v) is 10.1. The van der Waals surface area contributed by atoms with Crippen LogP contribution < -0.4 is 10.5 Å². The van der Waals surface area contributed by atoms with Crippen LogP contribution in [0.4, 0.5) is 0 Å². The fraction of sp³-hybridized carbons (Fsp3) is 0.250. The highest BCUT2D eigenvalue weighted by Gasteiger charge is 2.22. The molecule has 1 amide bonds. The van der Waals surface area contributed by atoms with Crippen LogP contribution >= 0.6 is 0 Å². The molecule has 0 bridgehead atoms. The first kappa shape index (κ1) is 25.1. The number of primary amides is 1. The Kier molecular flexibility index (Phi) is 8.73. The third-order valence-corrected chi connectivity index (χ3v) is 4.81. The Labute approximate surface area is 190 Å². The second-order valence-electron chi connectivity index (χ2n) is 7.34. The summed E-state index contributed by atoms with van der Waals surface area (Å²) in [5.74, 6) is -3.26. The molecule has 0 radical (unpaired) electrons. The van der Waals surface area contributed by atoms with E-state index in [1.54, 1.807) is 6.07 Å². The van der Waals surface area contributed by atoms with Crippen molar-refractivity contribution >= 4 is 34.5 Å². The van der Waals surface area contributed by atoms with E-state index in [0.29, 0.717) is 12.3 Å². The molecule has 0 aliphatic carbocycles. The Morgan fingerprint density at radius 1 is 1.03 bits per heavy atom. The predicted molar refractivity (Wildman–Crippen MR) is 121 cm³/mol. The fourth-order valence-electron chi connectivity index (χ4n) is 3.11. The summed E-state index contributed by atoms with van der Waals surface area (Å²) in [5.41, 5.74) is 7.58. The van der Waals surface area contributed by atoms with E-state index in [1.807, 2.05) is 43.3 Å². The van der Waals surface area contributed by atoms with Crippen LogP contribution in [0.25, 0.3) is 10.9 Å². The van der Waals surface area contributed by atoms with Crippen molar-refractivity contribution in [2.75, 3.05) is 0 Å². The molecule has 1 heterocycles. The average Bonchev–Trinajstić information content (AvgIpc) is 3.08. The predicted octanol–water partition coefficient (Wildman–Crippen LogP) is 2.76. The summed E-state index contributed by atoms with van der Waals surface area (Å²) in [4.78, 5) is 41.4. The highest BCUT2D eigenvalue weighted by Crippen LogP contribution is 2.30. The fourth-order valence-corrected chi connectivity index (χ4v) is 3.11. The molecule has 0 fully saturated rings. The molecule has 0 saturated heterocycles. The van der Waals surface area contributed by atoms with Crippen molar-refractivity contribution < 1.29 is 34.1 Å². The summed E-state index contributed by atoms with van der Waals surface area (Å²) in [5, 5.41) is 19.0. The minimum atomic E-state index is -1.20. The number of carboxylic acids is 2. The van der Waals surface area contributed by atoms with Crippen LogP contribution in [-0.2, 0) is 25.7 Å². The van der Waals surface area contributed by atoms with E-state index in [2.05, 4.69) is 22.4 Å². The topological polar surface area (TPSA) is 149 Å². The second kappa shape index (κ2) is 11.5. The number of carboxylic acid groups (broad SMARTS) is 2. The van der Waals surface area contributed by atoms with E-state index < -0.39 is 29.7 Å². The third-order valence-electron chi connectivity index (χ3n) is 4.81. The van der Waals surface area contributed by atoms with E-state index in [1.165, 1.54) is 0 Å². The Balaban J connectivity index is 0.000000569. The number of rotatable bonds is 9. The van der Waals surface area contributed by atoms with Gasteiger partial charge in [0.05, 0.1) is 5.52 Å². The maximum atomic E-state index is 11.4. The number of carbonyl (C=O) groups excluding carboxylic acids is 2. The van der Waals surface area contributed by atoms with Crippen LogP contribution in [0.15, 0.2) is 54.6 Å². The second-order valence-corrected chi connectivity index (χ2v) is 7.34. The molecule has 1 unspecified atom stereocenters. The zero-order chi connectivity index (χ0) is 24.5. The number of Topliss-reactive ketones (excluding diaryl/α,β-unsaturated/α-hetero) is 1. The number of aryl methyl sites for hydroxylation is 1. The molecule has 0 aliphatic heterocycles. The molecule has 2 aromatic carbocycles. The molecule has 1 atom stereocenters. The van der Waals surface area contributed by atoms with Crippen LogP contribution in [0.3, 0.4) is 0 Å². The number of carbonyl (C=O) groups is 4. The molecule has 0 aliphatic rings. The van der Waals surface area contributed by atoms with Gasteiger partial charge in [0, 0.05) is 37.4 Å². The number of nitrogens with two attached hydrogens (primary N) is 1. The number of fused-ring (bicyclic) bond motifs is 1. The number of nitrogens with zero attached hydrogens (tertiary/aromatic N) is 1. The van der Waals surface area contributed by atoms with Crippen LogP contribution in [0.2, 0.25) is 0 Å². The van der Waals surface area contributed by atoms with Crippen molar-refractivity contribution in [1.82, 2.24) is 4.57 Å². The largest absolute Gasteiger partial charge is 0.481 e. The summed E-state index contributed by atoms with van der Waals surface area (Å²) < 4.78 is 7.83. The van der Waals surface area contributed by atoms with E-state index >= 15 is 0 Å². The van der Waals surface area contributed by atoms with Gasteiger partial charge in [-0.05, 0) is 30.7 Å². The summed E-state index contributed by atoms with van der Waals surface area (Å²) in [7, 11) is 0. The van der Waals surface area contributed by atoms with Crippen LogP contribution in [0.5, 0.6) is 5.75 Å². The number of hydrogen-bond acceptors (Lipinski definition) is 5. The van der Waals surface area contributed by atoms with Gasteiger partial charge in [0.25, 0.3) is 5.91 Å². The first-order chi connectivity index (χ1) is 15.6. The summed E-state index contributed by atoms with van der Waals surface area (Å²) in [6.45, 7) is 3.81. The first-order valence-electron chi connectivity index (χ1n) is 10.1. The molecule has 0 spiro atoms. The zero-order valence-electron chi connectivity index (χ0n) is 18.4. The van der Waals surface area contributed by atoms with Crippen molar-refractivity contribution in [2.45, 2.75) is 39.3 Å². The van der Waals surface area contributed by atoms with E-state index in [-0.39, 0.29) is 12.8 Å². The van der Waals surface area contributed by atoms with E-state index in [0.717, 1.165) is 29.1 Å². The normalized spacial score (nSPS) is 11.2. The van der Waals surface area contributed by atoms with Gasteiger partial charge in [0.15, 0.2) is 6.10 Å². The summed E-state index contributed by atoms with van der Waals surface area (Å²) in [6, 6.07) is 17.5. The third kappa shape index (κ3) is 7.20. The monoisotopic (exact) mass is 454 g/mol. The highest BCUT2D eigenvalue weighted by atomic mass is 16.5. The Morgan fingerprint density at radius 2 is 1.67 bits per heavy atom. The van der Waals surface area contributed by atoms with Crippen LogP contribution in [0.1, 0.15) is 31.0 Å². The maximum Gasteiger partial charge on any atom is 0.344 e. The Bertz CT molecular complexity index is 1140. The van der Waals surface area contributed by atoms with Crippen molar-refractivity contribution in [3.8, 4) is 5.75 Å². The van der Waals surface area contributed by atoms with Crippen LogP contribution in [-0.4, -0.2) is 44.5 Å². The zero-order valence-corrected chi connectivity index (χ0v) is 18.4. The van der Waals surface area contributed by atoms with E-state index in [9.17, 15) is 24.3 Å². The van der Waals surface area contributed by atoms with Gasteiger partial charge in [-0.3, -0.25) is 14.4 Å². The highest BCUT2D eigenvalue weighted by molar-refractivity contribution is 6.34. The number of hydrogen-bond donors (Lipinski definition) is 3. The number of amides is 1. The number of benzene rings is 2. The number of ether oxygens (including phenoxy) is 1. The lowest BCUT2D eigenvalue weighted by atomic mass is 10.2. The molecule has 9 heteroatoms. The van der Waals surface area contributed by atoms with Crippen molar-refractivity contribution in [1.29, 1.82) is 0 Å². The van der Waals surface area contributed by atoms with Gasteiger partial charge in [0.2, 0.25) is 5.78 Å². The van der Waals surface area contributed by atoms with E-state index in [4.69, 9.17) is 9.84 Å². The molecule has 3 aromatic rings. The molecular formula is C24H26N2O7. The molecule has 9 nitrogen and oxygen atoms in total. The van der Waals surface area contributed by atoms with Crippen LogP contribution in [0, 0.1) is 6.92 Å². The van der Waals surface area contributed by atoms with Gasteiger partial charge in [-0.2, -0.15) is 0 Å². The molecular weight excluding hydrogens is 428 g/mol. The van der Waals surface area contributed by atoms with Crippen molar-refractivity contribution in [2.24, 2.45) is 5.73 Å². The Morgan fingerprint density at radius 3 is 2.21 bits per heavy atom. The molecule has 33 heavy (non-hydrogen) atoms. The SMILES string of the molecule is CC(=O)C(N)=O.Cc1cc2c(OC(CCC(=O)O)C(=O)O)cccc2n1Cc1ccccc1. The van der Waals surface area contributed by atoms with Gasteiger partial charge < -0.3 is 25.3 Å². The standard InChI is InChI=1S/C21H21NO5.C3H5NO2/c1-14-12-16-17(22(14)13-15-6-3-2-4-7-15)8-5-9-18(16)27-19(21(25)26)10-11-20(23)24;1-2(5)3(4)6/h2-9,12,19H,10-11,13H2,1H3,(H,23,24)(H,25,26);1H3,(H2,4,6). The lowest BCUT2D eigenvalue weighted by Gasteiger charge is -2.15. The maximum absolute atomic E-state index is 11.4. The number of aromatic nitrogens is 1. The van der Waals surface area contributed by atoms with Gasteiger partial charge in [-0.15, -0.1) is 0 Å². The molecule has 174 valence electrons. The van der Waals surface area contributed by atoms with Gasteiger partial charge >= 0.3 is 11.9 Å². The number of ketones is 1. The minimum Gasteiger partial charge on any atom is -0.481 e. The van der Waals surface area contributed by atoms with Crippen molar-refractivity contribution in [3.05, 3.63) is 65.9 Å². The quantitative estimate of drug-likeness (QED) is 0.421. The summed E-state index contributed by atoms with van der Waals surface area (Å²) >= 11 is 0. The Hall–Kier alpha value is -4.14.